The molecule has 0 aliphatic carbocycles. The van der Waals surface area contributed by atoms with Crippen LogP contribution in [0.4, 0.5) is 0 Å². The summed E-state index contributed by atoms with van der Waals surface area (Å²) >= 11 is 7.55. The van der Waals surface area contributed by atoms with E-state index in [0.717, 1.165) is 31.1 Å². The Bertz CT molecular complexity index is 314. The molecule has 0 aliphatic rings. The van der Waals surface area contributed by atoms with Gasteiger partial charge in [-0.3, -0.25) is 0 Å². The van der Waals surface area contributed by atoms with E-state index in [2.05, 4.69) is 38.0 Å². The van der Waals surface area contributed by atoms with Gasteiger partial charge in [-0.15, -0.1) is 22.9 Å². The molecule has 0 spiro atoms. The summed E-state index contributed by atoms with van der Waals surface area (Å²) in [6.07, 6.45) is 1.04. The highest BCUT2D eigenvalue weighted by Gasteiger charge is 2.16. The zero-order chi connectivity index (χ0) is 12.2. The van der Waals surface area contributed by atoms with E-state index in [1.54, 1.807) is 11.3 Å². The van der Waals surface area contributed by atoms with Gasteiger partial charge in [-0.05, 0) is 25.7 Å². The van der Waals surface area contributed by atoms with Gasteiger partial charge >= 0.3 is 0 Å². The van der Waals surface area contributed by atoms with Gasteiger partial charge in [-0.25, -0.2) is 4.98 Å². The fraction of sp³-hybridized carbons (Fsp3) is 0.750. The molecule has 0 unspecified atom stereocenters. The summed E-state index contributed by atoms with van der Waals surface area (Å²) in [6.45, 7) is 10.5. The van der Waals surface area contributed by atoms with Gasteiger partial charge < -0.3 is 5.32 Å². The molecule has 0 amide bonds. The normalized spacial score (nSPS) is 12.1. The fourth-order valence-corrected chi connectivity index (χ4v) is 2.88. The molecule has 0 aromatic carbocycles. The SMILES string of the molecule is Cc1nc(CNCC(C)(C)CCCl)sc1C. The summed E-state index contributed by atoms with van der Waals surface area (Å²) in [4.78, 5) is 5.82. The third kappa shape index (κ3) is 4.40. The number of nitrogens with zero attached hydrogens (tertiary/aromatic N) is 1. The van der Waals surface area contributed by atoms with Crippen LogP contribution in [0.1, 0.15) is 35.8 Å². The molecule has 0 atom stereocenters. The second kappa shape index (κ2) is 5.99. The Kier molecular flexibility index (Phi) is 5.22. The molecule has 4 heteroatoms. The van der Waals surface area contributed by atoms with Crippen molar-refractivity contribution in [2.75, 3.05) is 12.4 Å². The molecule has 1 N–H and O–H groups in total. The number of rotatable bonds is 6. The Labute approximate surface area is 107 Å². The van der Waals surface area contributed by atoms with Crippen molar-refractivity contribution >= 4 is 22.9 Å². The van der Waals surface area contributed by atoms with E-state index in [1.165, 1.54) is 9.88 Å². The third-order valence-corrected chi connectivity index (χ3v) is 3.99. The lowest BCUT2D eigenvalue weighted by molar-refractivity contribution is 0.329. The van der Waals surface area contributed by atoms with Crippen molar-refractivity contribution in [2.45, 2.75) is 40.7 Å². The van der Waals surface area contributed by atoms with Crippen molar-refractivity contribution in [1.29, 1.82) is 0 Å². The monoisotopic (exact) mass is 260 g/mol. The number of alkyl halides is 1. The second-order valence-electron chi connectivity index (χ2n) is 4.96. The Morgan fingerprint density at radius 1 is 1.38 bits per heavy atom. The predicted octanol–water partition coefficient (Wildman–Crippen LogP) is 3.50. The lowest BCUT2D eigenvalue weighted by atomic mass is 9.90. The summed E-state index contributed by atoms with van der Waals surface area (Å²) < 4.78 is 0. The predicted molar refractivity (Wildman–Crippen MR) is 72.4 cm³/mol. The van der Waals surface area contributed by atoms with Crippen LogP contribution in [0.5, 0.6) is 0 Å². The number of hydrogen-bond acceptors (Lipinski definition) is 3. The van der Waals surface area contributed by atoms with Gasteiger partial charge in [0.15, 0.2) is 0 Å². The third-order valence-electron chi connectivity index (χ3n) is 2.72. The van der Waals surface area contributed by atoms with Gasteiger partial charge in [0.05, 0.1) is 5.69 Å². The van der Waals surface area contributed by atoms with Crippen molar-refractivity contribution in [3.63, 3.8) is 0 Å². The van der Waals surface area contributed by atoms with Crippen LogP contribution >= 0.6 is 22.9 Å². The van der Waals surface area contributed by atoms with Gasteiger partial charge in [-0.2, -0.15) is 0 Å². The molecule has 0 aliphatic heterocycles. The molecule has 1 aromatic rings. The lowest BCUT2D eigenvalue weighted by Gasteiger charge is -2.23. The second-order valence-corrected chi connectivity index (χ2v) is 6.62. The molecule has 0 bridgehead atoms. The highest BCUT2D eigenvalue weighted by molar-refractivity contribution is 7.11. The Morgan fingerprint density at radius 3 is 2.56 bits per heavy atom. The van der Waals surface area contributed by atoms with Gasteiger partial charge in [0.2, 0.25) is 0 Å². The van der Waals surface area contributed by atoms with E-state index in [-0.39, 0.29) is 5.41 Å². The first-order chi connectivity index (χ1) is 7.44. The maximum atomic E-state index is 5.77. The smallest absolute Gasteiger partial charge is 0.107 e. The summed E-state index contributed by atoms with van der Waals surface area (Å²) in [6, 6.07) is 0. The maximum Gasteiger partial charge on any atom is 0.107 e. The van der Waals surface area contributed by atoms with E-state index in [4.69, 9.17) is 11.6 Å². The number of halogens is 1. The van der Waals surface area contributed by atoms with Gasteiger partial charge in [0, 0.05) is 23.8 Å². The van der Waals surface area contributed by atoms with Crippen molar-refractivity contribution < 1.29 is 0 Å². The molecule has 1 aromatic heterocycles. The van der Waals surface area contributed by atoms with Crippen molar-refractivity contribution in [3.8, 4) is 0 Å². The summed E-state index contributed by atoms with van der Waals surface area (Å²) in [7, 11) is 0. The van der Waals surface area contributed by atoms with Gasteiger partial charge in [-0.1, -0.05) is 13.8 Å². The Morgan fingerprint density at radius 2 is 2.06 bits per heavy atom. The highest BCUT2D eigenvalue weighted by atomic mass is 35.5. The van der Waals surface area contributed by atoms with Crippen LogP contribution in [0.2, 0.25) is 0 Å². The molecule has 0 radical (unpaired) electrons. The Hall–Kier alpha value is -0.120. The van der Waals surface area contributed by atoms with Gasteiger partial charge in [0.25, 0.3) is 0 Å². The molecular formula is C12H21ClN2S. The molecule has 92 valence electrons. The van der Waals surface area contributed by atoms with E-state index in [0.29, 0.717) is 0 Å². The highest BCUT2D eigenvalue weighted by Crippen LogP contribution is 2.20. The molecule has 0 saturated carbocycles. The van der Waals surface area contributed by atoms with E-state index in [9.17, 15) is 0 Å². The van der Waals surface area contributed by atoms with E-state index >= 15 is 0 Å². The molecule has 0 saturated heterocycles. The topological polar surface area (TPSA) is 24.9 Å². The van der Waals surface area contributed by atoms with Crippen LogP contribution < -0.4 is 5.32 Å². The minimum Gasteiger partial charge on any atom is -0.310 e. The van der Waals surface area contributed by atoms with Crippen LogP contribution in [0.15, 0.2) is 0 Å². The van der Waals surface area contributed by atoms with Crippen LogP contribution in [-0.4, -0.2) is 17.4 Å². The average Bonchev–Trinajstić information content (AvgIpc) is 2.45. The van der Waals surface area contributed by atoms with Crippen molar-refractivity contribution in [3.05, 3.63) is 15.6 Å². The van der Waals surface area contributed by atoms with E-state index < -0.39 is 0 Å². The summed E-state index contributed by atoms with van der Waals surface area (Å²) in [5.74, 6) is 0.726. The van der Waals surface area contributed by atoms with Crippen LogP contribution in [0.25, 0.3) is 0 Å². The lowest BCUT2D eigenvalue weighted by Crippen LogP contribution is -2.29. The summed E-state index contributed by atoms with van der Waals surface area (Å²) in [5.41, 5.74) is 1.42. The molecule has 1 rings (SSSR count). The zero-order valence-electron chi connectivity index (χ0n) is 10.6. The zero-order valence-corrected chi connectivity index (χ0v) is 12.1. The number of aromatic nitrogens is 1. The minimum absolute atomic E-state index is 0.267. The van der Waals surface area contributed by atoms with Gasteiger partial charge in [0.1, 0.15) is 5.01 Å². The number of aryl methyl sites for hydroxylation is 2. The van der Waals surface area contributed by atoms with Crippen LogP contribution in [0, 0.1) is 19.3 Å². The Balaban J connectivity index is 2.35. The first-order valence-corrected chi connectivity index (χ1v) is 6.99. The average molecular weight is 261 g/mol. The number of nitrogens with one attached hydrogen (secondary N) is 1. The largest absolute Gasteiger partial charge is 0.310 e. The summed E-state index contributed by atoms with van der Waals surface area (Å²) in [5, 5.41) is 4.63. The van der Waals surface area contributed by atoms with Crippen molar-refractivity contribution in [1.82, 2.24) is 10.3 Å². The maximum absolute atomic E-state index is 5.77. The molecule has 16 heavy (non-hydrogen) atoms. The van der Waals surface area contributed by atoms with Crippen molar-refractivity contribution in [2.24, 2.45) is 5.41 Å². The first-order valence-electron chi connectivity index (χ1n) is 5.64. The molecule has 0 fully saturated rings. The van der Waals surface area contributed by atoms with Crippen LogP contribution in [0.3, 0.4) is 0 Å². The number of hydrogen-bond donors (Lipinski definition) is 1. The fourth-order valence-electron chi connectivity index (χ4n) is 1.47. The minimum atomic E-state index is 0.267. The standard InChI is InChI=1S/C12H21ClN2S/c1-9-10(2)16-11(15-9)7-14-8-12(3,4)5-6-13/h14H,5-8H2,1-4H3. The number of thiazole rings is 1. The molecular weight excluding hydrogens is 240 g/mol. The molecule has 1 heterocycles. The van der Waals surface area contributed by atoms with E-state index in [1.807, 2.05) is 0 Å². The van der Waals surface area contributed by atoms with Crippen LogP contribution in [-0.2, 0) is 6.54 Å². The molecule has 2 nitrogen and oxygen atoms in total. The first kappa shape index (κ1) is 13.9. The quantitative estimate of drug-likeness (QED) is 0.792.